The predicted octanol–water partition coefficient (Wildman–Crippen LogP) is -2.94. The first-order chi connectivity index (χ1) is 8.93. The van der Waals surface area contributed by atoms with Crippen LogP contribution in [0.1, 0.15) is 27.7 Å². The van der Waals surface area contributed by atoms with Gasteiger partial charge < -0.3 is 19.8 Å². The minimum absolute atomic E-state index is 0. The minimum Gasteiger partial charge on any atom is -0.549 e. The molecule has 119 valence electrons. The standard InChI is InChI=1S/2C6H8O4.Co/c2*1-3(7)5(4(2)8)6(9)10;/h2*5H,1-2H3,(H,9,10);/q;;+2/p-2. The number of rotatable bonds is 6. The van der Waals surface area contributed by atoms with E-state index in [1.807, 2.05) is 0 Å². The molecule has 0 aliphatic carbocycles. The molecule has 0 fully saturated rings. The molecule has 0 atom stereocenters. The van der Waals surface area contributed by atoms with Crippen molar-refractivity contribution < 1.29 is 55.8 Å². The molecule has 8 nitrogen and oxygen atoms in total. The first-order valence-corrected chi connectivity index (χ1v) is 5.37. The predicted molar refractivity (Wildman–Crippen MR) is 59.7 cm³/mol. The summed E-state index contributed by atoms with van der Waals surface area (Å²) >= 11 is 0. The summed E-state index contributed by atoms with van der Waals surface area (Å²) in [5, 5.41) is 20.1. The van der Waals surface area contributed by atoms with E-state index in [1.165, 1.54) is 0 Å². The van der Waals surface area contributed by atoms with E-state index in [-0.39, 0.29) is 16.8 Å². The van der Waals surface area contributed by atoms with E-state index < -0.39 is 46.9 Å². The van der Waals surface area contributed by atoms with Crippen LogP contribution >= 0.6 is 0 Å². The van der Waals surface area contributed by atoms with Crippen molar-refractivity contribution in [3.8, 4) is 0 Å². The number of carboxylic acids is 2. The summed E-state index contributed by atoms with van der Waals surface area (Å²) in [6.07, 6.45) is 0. The fraction of sp³-hybridized carbons (Fsp3) is 0.500. The van der Waals surface area contributed by atoms with Gasteiger partial charge in [0.15, 0.2) is 0 Å². The average Bonchev–Trinajstić information content (AvgIpc) is 2.12. The van der Waals surface area contributed by atoms with Gasteiger partial charge in [0.05, 0.1) is 11.9 Å². The summed E-state index contributed by atoms with van der Waals surface area (Å²) < 4.78 is 0. The van der Waals surface area contributed by atoms with Crippen molar-refractivity contribution in [2.24, 2.45) is 11.8 Å². The third-order valence-corrected chi connectivity index (χ3v) is 2.10. The number of aliphatic carboxylic acids is 2. The van der Waals surface area contributed by atoms with Gasteiger partial charge in [-0.25, -0.2) is 0 Å². The normalized spacial score (nSPS) is 9.05. The van der Waals surface area contributed by atoms with Gasteiger partial charge in [-0.3, -0.25) is 19.2 Å². The average molecular weight is 345 g/mol. The Balaban J connectivity index is -0.000000295. The molecule has 0 aliphatic heterocycles. The Morgan fingerprint density at radius 3 is 0.714 bits per heavy atom. The van der Waals surface area contributed by atoms with Crippen molar-refractivity contribution in [2.45, 2.75) is 27.7 Å². The Bertz CT molecular complexity index is 346. The molecule has 0 heterocycles. The Labute approximate surface area is 131 Å². The summed E-state index contributed by atoms with van der Waals surface area (Å²) in [4.78, 5) is 61.6. The maximum absolute atomic E-state index is 10.4. The molecule has 0 aromatic heterocycles. The Hall–Kier alpha value is -1.87. The second-order valence-corrected chi connectivity index (χ2v) is 3.95. The first kappa shape index (κ1) is 24.2. The van der Waals surface area contributed by atoms with Crippen LogP contribution in [-0.4, -0.2) is 35.1 Å². The molecule has 9 heteroatoms. The molecule has 0 rings (SSSR count). The Kier molecular flexibility index (Phi) is 12.5. The zero-order valence-electron chi connectivity index (χ0n) is 11.8. The molecule has 0 aliphatic rings. The molecule has 21 heavy (non-hydrogen) atoms. The van der Waals surface area contributed by atoms with Crippen LogP contribution in [0.4, 0.5) is 0 Å². The van der Waals surface area contributed by atoms with Crippen LogP contribution in [0.5, 0.6) is 0 Å². The number of hydrogen-bond acceptors (Lipinski definition) is 8. The number of hydrogen-bond donors (Lipinski definition) is 0. The summed E-state index contributed by atoms with van der Waals surface area (Å²) in [7, 11) is 0. The van der Waals surface area contributed by atoms with E-state index in [2.05, 4.69) is 0 Å². The van der Waals surface area contributed by atoms with Crippen molar-refractivity contribution in [1.82, 2.24) is 0 Å². The van der Waals surface area contributed by atoms with Crippen LogP contribution in [0.15, 0.2) is 0 Å². The third kappa shape index (κ3) is 9.63. The van der Waals surface area contributed by atoms with Gasteiger partial charge in [0.25, 0.3) is 0 Å². The fourth-order valence-corrected chi connectivity index (χ4v) is 1.24. The molecule has 0 spiro atoms. The van der Waals surface area contributed by atoms with E-state index >= 15 is 0 Å². The van der Waals surface area contributed by atoms with Gasteiger partial charge in [-0.2, -0.15) is 0 Å². The molecule has 0 saturated carbocycles. The van der Waals surface area contributed by atoms with Gasteiger partial charge in [0.2, 0.25) is 0 Å². The van der Waals surface area contributed by atoms with Gasteiger partial charge in [-0.05, 0) is 27.7 Å². The monoisotopic (exact) mass is 345 g/mol. The van der Waals surface area contributed by atoms with Crippen LogP contribution in [0.2, 0.25) is 0 Å². The molecule has 0 aromatic carbocycles. The van der Waals surface area contributed by atoms with E-state index in [4.69, 9.17) is 0 Å². The molecular weight excluding hydrogens is 331 g/mol. The molecular formula is C12H14CoO8. The molecule has 1 radical (unpaired) electrons. The second kappa shape index (κ2) is 10.9. The molecule has 0 saturated heterocycles. The largest absolute Gasteiger partial charge is 2.00 e. The van der Waals surface area contributed by atoms with Crippen LogP contribution in [0.25, 0.3) is 0 Å². The SMILES string of the molecule is CC(=O)C(C(C)=O)C(=O)[O-].CC(=O)C(C(C)=O)C(=O)[O-].[Co+2]. The molecule has 0 amide bonds. The summed E-state index contributed by atoms with van der Waals surface area (Å²) in [5.74, 6) is -9.17. The van der Waals surface area contributed by atoms with Crippen molar-refractivity contribution in [3.05, 3.63) is 0 Å². The molecule has 0 bridgehead atoms. The number of carbonyl (C=O) groups excluding carboxylic acids is 6. The number of Topliss-reactive ketones (excluding diaryl/α,β-unsaturated/α-hetero) is 4. The zero-order chi connectivity index (χ0) is 16.6. The van der Waals surface area contributed by atoms with E-state index in [1.54, 1.807) is 0 Å². The van der Waals surface area contributed by atoms with Crippen molar-refractivity contribution >= 4 is 35.1 Å². The summed E-state index contributed by atoms with van der Waals surface area (Å²) in [6.45, 7) is 4.17. The summed E-state index contributed by atoms with van der Waals surface area (Å²) in [5.41, 5.74) is 0. The van der Waals surface area contributed by atoms with Crippen LogP contribution in [-0.2, 0) is 45.5 Å². The smallest absolute Gasteiger partial charge is 0.549 e. The van der Waals surface area contributed by atoms with Gasteiger partial charge in [0, 0.05) is 0 Å². The number of ketones is 4. The van der Waals surface area contributed by atoms with Crippen molar-refractivity contribution in [2.75, 3.05) is 0 Å². The minimum atomic E-state index is -1.62. The van der Waals surface area contributed by atoms with E-state index in [9.17, 15) is 39.0 Å². The first-order valence-electron chi connectivity index (χ1n) is 5.37. The quantitative estimate of drug-likeness (QED) is 0.464. The van der Waals surface area contributed by atoms with Crippen LogP contribution in [0, 0.1) is 11.8 Å². The molecule has 0 aromatic rings. The second-order valence-electron chi connectivity index (χ2n) is 3.95. The zero-order valence-corrected chi connectivity index (χ0v) is 12.8. The Morgan fingerprint density at radius 2 is 0.714 bits per heavy atom. The van der Waals surface area contributed by atoms with E-state index in [0.29, 0.717) is 0 Å². The number of carboxylic acid groups (broad SMARTS) is 2. The van der Waals surface area contributed by atoms with Crippen LogP contribution < -0.4 is 10.2 Å². The summed E-state index contributed by atoms with van der Waals surface area (Å²) in [6, 6.07) is 0. The maximum Gasteiger partial charge on any atom is 2.00 e. The Morgan fingerprint density at radius 1 is 0.571 bits per heavy atom. The van der Waals surface area contributed by atoms with Gasteiger partial charge in [-0.1, -0.05) is 0 Å². The van der Waals surface area contributed by atoms with Crippen LogP contribution in [0.3, 0.4) is 0 Å². The third-order valence-electron chi connectivity index (χ3n) is 2.10. The molecule has 0 N–H and O–H groups in total. The van der Waals surface area contributed by atoms with Gasteiger partial charge in [-0.15, -0.1) is 0 Å². The molecule has 0 unspecified atom stereocenters. The van der Waals surface area contributed by atoms with Crippen molar-refractivity contribution in [1.29, 1.82) is 0 Å². The topological polar surface area (TPSA) is 149 Å². The maximum atomic E-state index is 10.4. The van der Waals surface area contributed by atoms with Crippen molar-refractivity contribution in [3.63, 3.8) is 0 Å². The van der Waals surface area contributed by atoms with E-state index in [0.717, 1.165) is 27.7 Å². The number of carbonyl (C=O) groups is 6. The van der Waals surface area contributed by atoms with Gasteiger partial charge >= 0.3 is 16.8 Å². The van der Waals surface area contributed by atoms with Gasteiger partial charge in [0.1, 0.15) is 35.0 Å². The fourth-order valence-electron chi connectivity index (χ4n) is 1.24.